The first-order chi connectivity index (χ1) is 11.5. The Morgan fingerprint density at radius 2 is 1.92 bits per heavy atom. The van der Waals surface area contributed by atoms with Crippen molar-refractivity contribution in [3.63, 3.8) is 0 Å². The van der Waals surface area contributed by atoms with Crippen molar-refractivity contribution in [3.8, 4) is 5.75 Å². The molecule has 0 unspecified atom stereocenters. The van der Waals surface area contributed by atoms with Crippen LogP contribution in [0.4, 0.5) is 4.79 Å². The van der Waals surface area contributed by atoms with Crippen LogP contribution >= 0.6 is 27.5 Å². The second-order valence-electron chi connectivity index (χ2n) is 4.83. The van der Waals surface area contributed by atoms with Gasteiger partial charge >= 0.3 is 6.03 Å². The van der Waals surface area contributed by atoms with Crippen molar-refractivity contribution in [2.45, 2.75) is 13.0 Å². The van der Waals surface area contributed by atoms with E-state index in [-0.39, 0.29) is 0 Å². The maximum absolute atomic E-state index is 12.5. The van der Waals surface area contributed by atoms with Gasteiger partial charge in [0.25, 0.3) is 5.91 Å². The van der Waals surface area contributed by atoms with E-state index in [4.69, 9.17) is 16.3 Å². The molecule has 0 aliphatic heterocycles. The zero-order valence-corrected chi connectivity index (χ0v) is 15.2. The van der Waals surface area contributed by atoms with Crippen molar-refractivity contribution < 1.29 is 14.3 Å². The van der Waals surface area contributed by atoms with E-state index in [0.29, 0.717) is 22.9 Å². The second-order valence-corrected chi connectivity index (χ2v) is 6.15. The second kappa shape index (κ2) is 8.70. The molecule has 0 aromatic heterocycles. The molecule has 0 spiro atoms. The molecule has 2 rings (SSSR count). The van der Waals surface area contributed by atoms with E-state index >= 15 is 0 Å². The van der Waals surface area contributed by atoms with Crippen molar-refractivity contribution in [1.29, 1.82) is 0 Å². The Kier molecular flexibility index (Phi) is 6.63. The summed E-state index contributed by atoms with van der Waals surface area (Å²) in [7, 11) is 0. The lowest BCUT2D eigenvalue weighted by molar-refractivity contribution is -0.127. The fourth-order valence-electron chi connectivity index (χ4n) is 1.98. The van der Waals surface area contributed by atoms with E-state index < -0.39 is 18.0 Å². The molecule has 0 radical (unpaired) electrons. The van der Waals surface area contributed by atoms with E-state index in [1.807, 2.05) is 6.07 Å². The first-order valence-corrected chi connectivity index (χ1v) is 8.43. The Hall–Kier alpha value is -2.05. The molecule has 0 aliphatic rings. The number of imide groups is 1. The molecule has 0 saturated carbocycles. The van der Waals surface area contributed by atoms with Gasteiger partial charge in [-0.3, -0.25) is 10.1 Å². The highest BCUT2D eigenvalue weighted by molar-refractivity contribution is 9.10. The van der Waals surface area contributed by atoms with E-state index in [2.05, 4.69) is 26.6 Å². The predicted octanol–water partition coefficient (Wildman–Crippen LogP) is 4.07. The minimum Gasteiger partial charge on any atom is -0.474 e. The molecule has 1 atom stereocenters. The Balaban J connectivity index is 2.26. The summed E-state index contributed by atoms with van der Waals surface area (Å²) in [4.78, 5) is 24.1. The van der Waals surface area contributed by atoms with E-state index in [0.717, 1.165) is 4.47 Å². The van der Waals surface area contributed by atoms with Gasteiger partial charge in [0.05, 0.1) is 5.02 Å². The molecular formula is C17H16BrClN2O3. The average molecular weight is 412 g/mol. The summed E-state index contributed by atoms with van der Waals surface area (Å²) in [5.74, 6) is -0.231. The number of hydrogen-bond acceptors (Lipinski definition) is 3. The molecule has 7 heteroatoms. The number of halogens is 2. The van der Waals surface area contributed by atoms with E-state index in [9.17, 15) is 9.59 Å². The lowest BCUT2D eigenvalue weighted by Crippen LogP contribution is -2.42. The molecular weight excluding hydrogens is 396 g/mol. The van der Waals surface area contributed by atoms with Gasteiger partial charge in [-0.25, -0.2) is 4.79 Å². The number of carbonyl (C=O) groups excluding carboxylic acids is 2. The van der Waals surface area contributed by atoms with Gasteiger partial charge in [-0.1, -0.05) is 57.9 Å². The highest BCUT2D eigenvalue weighted by Gasteiger charge is 2.25. The molecule has 0 saturated heterocycles. The summed E-state index contributed by atoms with van der Waals surface area (Å²) in [6, 6.07) is 13.4. The van der Waals surface area contributed by atoms with Gasteiger partial charge in [0.2, 0.25) is 6.10 Å². The molecule has 5 nitrogen and oxygen atoms in total. The fraction of sp³-hybridized carbons (Fsp3) is 0.176. The molecule has 0 bridgehead atoms. The fourth-order valence-corrected chi connectivity index (χ4v) is 2.70. The van der Waals surface area contributed by atoms with E-state index in [1.165, 1.54) is 0 Å². The Labute approximate surface area is 153 Å². The molecule has 2 N–H and O–H groups in total. The molecule has 0 fully saturated rings. The van der Waals surface area contributed by atoms with Gasteiger partial charge in [-0.2, -0.15) is 0 Å². The molecule has 2 aromatic carbocycles. The lowest BCUT2D eigenvalue weighted by Gasteiger charge is -2.19. The number of rotatable bonds is 5. The number of urea groups is 1. The SMILES string of the molecule is CCNC(=O)NC(=O)[C@@H](Oc1ccc(Br)cc1Cl)c1ccccc1. The van der Waals surface area contributed by atoms with Crippen LogP contribution in [0.3, 0.4) is 0 Å². The summed E-state index contributed by atoms with van der Waals surface area (Å²) in [6.07, 6.45) is -1.01. The average Bonchev–Trinajstić information content (AvgIpc) is 2.55. The Morgan fingerprint density at radius 1 is 1.21 bits per heavy atom. The maximum atomic E-state index is 12.5. The van der Waals surface area contributed by atoms with Gasteiger partial charge in [0, 0.05) is 16.6 Å². The third kappa shape index (κ3) is 4.97. The van der Waals surface area contributed by atoms with Crippen molar-refractivity contribution in [3.05, 3.63) is 63.6 Å². The first kappa shape index (κ1) is 18.3. The van der Waals surface area contributed by atoms with Crippen LogP contribution in [-0.4, -0.2) is 18.5 Å². The van der Waals surface area contributed by atoms with Crippen molar-refractivity contribution in [1.82, 2.24) is 10.6 Å². The predicted molar refractivity (Wildman–Crippen MR) is 96.2 cm³/mol. The quantitative estimate of drug-likeness (QED) is 0.779. The highest BCUT2D eigenvalue weighted by atomic mass is 79.9. The molecule has 0 heterocycles. The van der Waals surface area contributed by atoms with Gasteiger partial charge < -0.3 is 10.1 Å². The number of hydrogen-bond donors (Lipinski definition) is 2. The van der Waals surface area contributed by atoms with Crippen LogP contribution in [0.1, 0.15) is 18.6 Å². The standard InChI is InChI=1S/C17H16BrClN2O3/c1-2-20-17(23)21-16(22)15(11-6-4-3-5-7-11)24-14-9-8-12(18)10-13(14)19/h3-10,15H,2H2,1H3,(H2,20,21,22,23)/t15-/m0/s1. The number of amides is 3. The summed E-state index contributed by atoms with van der Waals surface area (Å²) in [6.45, 7) is 2.17. The van der Waals surface area contributed by atoms with Crippen LogP contribution in [0.25, 0.3) is 0 Å². The maximum Gasteiger partial charge on any atom is 0.321 e. The number of carbonyl (C=O) groups is 2. The third-order valence-corrected chi connectivity index (χ3v) is 3.84. The minimum atomic E-state index is -1.01. The van der Waals surface area contributed by atoms with E-state index in [1.54, 1.807) is 49.4 Å². The van der Waals surface area contributed by atoms with Crippen LogP contribution in [0, 0.1) is 0 Å². The summed E-state index contributed by atoms with van der Waals surface area (Å²) < 4.78 is 6.58. The zero-order valence-electron chi connectivity index (χ0n) is 12.9. The Morgan fingerprint density at radius 3 is 2.54 bits per heavy atom. The number of ether oxygens (including phenoxy) is 1. The highest BCUT2D eigenvalue weighted by Crippen LogP contribution is 2.31. The Bertz CT molecular complexity index is 725. The topological polar surface area (TPSA) is 67.4 Å². The van der Waals surface area contributed by atoms with Gasteiger partial charge in [0.15, 0.2) is 0 Å². The third-order valence-electron chi connectivity index (χ3n) is 3.05. The minimum absolute atomic E-state index is 0.347. The smallest absolute Gasteiger partial charge is 0.321 e. The number of benzene rings is 2. The van der Waals surface area contributed by atoms with Crippen molar-refractivity contribution in [2.24, 2.45) is 0 Å². The van der Waals surface area contributed by atoms with Crippen LogP contribution in [0.15, 0.2) is 53.0 Å². The van der Waals surface area contributed by atoms with Crippen LogP contribution in [-0.2, 0) is 4.79 Å². The summed E-state index contributed by atoms with van der Waals surface area (Å²) in [5.41, 5.74) is 0.610. The summed E-state index contributed by atoms with van der Waals surface area (Å²) in [5, 5.41) is 5.13. The molecule has 24 heavy (non-hydrogen) atoms. The normalized spacial score (nSPS) is 11.5. The van der Waals surface area contributed by atoms with Crippen molar-refractivity contribution >= 4 is 39.5 Å². The lowest BCUT2D eigenvalue weighted by atomic mass is 10.1. The molecule has 126 valence electrons. The molecule has 2 aromatic rings. The van der Waals surface area contributed by atoms with Gasteiger partial charge in [0.1, 0.15) is 5.75 Å². The zero-order chi connectivity index (χ0) is 17.5. The van der Waals surface area contributed by atoms with Crippen LogP contribution in [0.2, 0.25) is 5.02 Å². The number of nitrogens with one attached hydrogen (secondary N) is 2. The molecule has 3 amide bonds. The van der Waals surface area contributed by atoms with Crippen LogP contribution < -0.4 is 15.4 Å². The van der Waals surface area contributed by atoms with Gasteiger partial charge in [-0.15, -0.1) is 0 Å². The van der Waals surface area contributed by atoms with Gasteiger partial charge in [-0.05, 0) is 25.1 Å². The van der Waals surface area contributed by atoms with Crippen LogP contribution in [0.5, 0.6) is 5.75 Å². The largest absolute Gasteiger partial charge is 0.474 e. The summed E-state index contributed by atoms with van der Waals surface area (Å²) >= 11 is 9.47. The van der Waals surface area contributed by atoms with Crippen molar-refractivity contribution in [2.75, 3.05) is 6.54 Å². The molecule has 0 aliphatic carbocycles. The first-order valence-electron chi connectivity index (χ1n) is 7.26. The monoisotopic (exact) mass is 410 g/mol.